The molecule has 0 aliphatic rings. The molecule has 2 heterocycles. The van der Waals surface area contributed by atoms with E-state index in [0.29, 0.717) is 12.1 Å². The van der Waals surface area contributed by atoms with Crippen LogP contribution in [0.4, 0.5) is 0 Å². The molecule has 0 radical (unpaired) electrons. The van der Waals surface area contributed by atoms with Crippen LogP contribution in [0.5, 0.6) is 0 Å². The Morgan fingerprint density at radius 2 is 1.60 bits per heavy atom. The first-order chi connectivity index (χ1) is 12.0. The highest BCUT2D eigenvalue weighted by atomic mass is 16.2. The van der Waals surface area contributed by atoms with E-state index in [9.17, 15) is 14.4 Å². The predicted octanol–water partition coefficient (Wildman–Crippen LogP) is 2.60. The fraction of sp³-hybridized carbons (Fsp3) is 0.667. The molecule has 0 fully saturated rings. The topological polar surface area (TPSA) is 78.9 Å². The van der Waals surface area contributed by atoms with Gasteiger partial charge in [-0.05, 0) is 6.42 Å². The van der Waals surface area contributed by atoms with Gasteiger partial charge < -0.3 is 4.57 Å². The van der Waals surface area contributed by atoms with E-state index < -0.39 is 17.2 Å². The monoisotopic (exact) mass is 348 g/mol. The second-order valence-electron chi connectivity index (χ2n) is 6.63. The van der Waals surface area contributed by atoms with Crippen molar-refractivity contribution in [3.05, 3.63) is 27.2 Å². The Morgan fingerprint density at radius 3 is 2.24 bits per heavy atom. The van der Waals surface area contributed by atoms with Crippen molar-refractivity contribution in [3.63, 3.8) is 0 Å². The molecule has 0 N–H and O–H groups in total. The van der Waals surface area contributed by atoms with Crippen molar-refractivity contribution in [2.24, 2.45) is 14.1 Å². The van der Waals surface area contributed by atoms with Crippen LogP contribution >= 0.6 is 0 Å². The lowest BCUT2D eigenvalue weighted by Gasteiger charge is -2.07. The summed E-state index contributed by atoms with van der Waals surface area (Å²) < 4.78 is 3.55. The predicted molar refractivity (Wildman–Crippen MR) is 98.1 cm³/mol. The molecular formula is C18H28N4O3. The molecule has 0 saturated heterocycles. The van der Waals surface area contributed by atoms with Gasteiger partial charge in [-0.15, -0.1) is 0 Å². The number of aryl methyl sites for hydroxylation is 2. The third-order valence-corrected chi connectivity index (χ3v) is 4.61. The van der Waals surface area contributed by atoms with Crippen LogP contribution in [-0.2, 0) is 14.1 Å². The van der Waals surface area contributed by atoms with Crippen LogP contribution in [-0.4, -0.2) is 24.6 Å². The summed E-state index contributed by atoms with van der Waals surface area (Å²) in [6.45, 7) is 2.20. The molecule has 2 rings (SSSR count). The van der Waals surface area contributed by atoms with E-state index in [1.807, 2.05) is 0 Å². The summed E-state index contributed by atoms with van der Waals surface area (Å²) in [5.41, 5.74) is -0.636. The van der Waals surface area contributed by atoms with Crippen molar-refractivity contribution in [2.45, 2.75) is 64.7 Å². The van der Waals surface area contributed by atoms with Crippen LogP contribution in [0.15, 0.2) is 15.9 Å². The molecule has 0 unspecified atom stereocenters. The number of unbranched alkanes of at least 4 members (excludes halogenated alkanes) is 7. The van der Waals surface area contributed by atoms with Gasteiger partial charge in [0, 0.05) is 20.5 Å². The van der Waals surface area contributed by atoms with Crippen molar-refractivity contribution < 1.29 is 4.79 Å². The van der Waals surface area contributed by atoms with Crippen LogP contribution < -0.4 is 11.2 Å². The van der Waals surface area contributed by atoms with Crippen LogP contribution in [0.25, 0.3) is 11.2 Å². The van der Waals surface area contributed by atoms with Gasteiger partial charge in [0.15, 0.2) is 11.2 Å². The Bertz CT molecular complexity index is 844. The van der Waals surface area contributed by atoms with E-state index in [1.165, 1.54) is 54.6 Å². The number of rotatable bonds is 9. The minimum atomic E-state index is -0.624. The number of fused-ring (bicyclic) bond motifs is 1. The smallest absolute Gasteiger partial charge is 0.328 e. The van der Waals surface area contributed by atoms with Crippen LogP contribution in [0.3, 0.4) is 0 Å². The molecule has 0 aromatic carbocycles. The molecule has 7 heteroatoms. The zero-order chi connectivity index (χ0) is 18.4. The molecule has 2 aromatic heterocycles. The summed E-state index contributed by atoms with van der Waals surface area (Å²) >= 11 is 0. The van der Waals surface area contributed by atoms with Crippen LogP contribution in [0.1, 0.15) is 69.5 Å². The van der Waals surface area contributed by atoms with Crippen LogP contribution in [0.2, 0.25) is 0 Å². The summed E-state index contributed by atoms with van der Waals surface area (Å²) in [5, 5.41) is 0. The zero-order valence-electron chi connectivity index (χ0n) is 15.5. The van der Waals surface area contributed by atoms with E-state index in [2.05, 4.69) is 11.9 Å². The summed E-state index contributed by atoms with van der Waals surface area (Å²) in [5.74, 6) is -0.431. The fourth-order valence-electron chi connectivity index (χ4n) is 3.09. The minimum absolute atomic E-state index is 0.216. The molecule has 7 nitrogen and oxygen atoms in total. The number of hydrogen-bond acceptors (Lipinski definition) is 4. The lowest BCUT2D eigenvalue weighted by Crippen LogP contribution is -2.43. The van der Waals surface area contributed by atoms with E-state index in [-0.39, 0.29) is 11.9 Å². The van der Waals surface area contributed by atoms with Gasteiger partial charge in [-0.3, -0.25) is 14.2 Å². The second kappa shape index (κ2) is 8.78. The standard InChI is InChI=1S/C18H28N4O3/c1-4-5-6-7-8-9-10-11-12-14(23)22-17(24)15-16(19-13-20(15)2)21(3)18(22)25/h13H,4-12H2,1-3H3. The summed E-state index contributed by atoms with van der Waals surface area (Å²) in [4.78, 5) is 41.3. The molecule has 2 aromatic rings. The van der Waals surface area contributed by atoms with E-state index in [0.717, 1.165) is 17.4 Å². The van der Waals surface area contributed by atoms with Gasteiger partial charge in [-0.2, -0.15) is 4.57 Å². The number of carbonyl (C=O) groups excluding carboxylic acids is 1. The number of nitrogens with zero attached hydrogens (tertiary/aromatic N) is 4. The number of aromatic nitrogens is 4. The molecule has 0 amide bonds. The highest BCUT2D eigenvalue weighted by Gasteiger charge is 2.19. The minimum Gasteiger partial charge on any atom is -0.328 e. The third-order valence-electron chi connectivity index (χ3n) is 4.61. The highest BCUT2D eigenvalue weighted by Crippen LogP contribution is 2.10. The maximum atomic E-state index is 12.5. The number of imidazole rings is 1. The van der Waals surface area contributed by atoms with E-state index in [4.69, 9.17) is 0 Å². The van der Waals surface area contributed by atoms with Gasteiger partial charge in [-0.25, -0.2) is 9.78 Å². The Kier molecular flexibility index (Phi) is 6.73. The van der Waals surface area contributed by atoms with Crippen molar-refractivity contribution in [3.8, 4) is 0 Å². The zero-order valence-corrected chi connectivity index (χ0v) is 15.5. The molecule has 0 atom stereocenters. The lowest BCUT2D eigenvalue weighted by atomic mass is 10.1. The van der Waals surface area contributed by atoms with Crippen LogP contribution in [0, 0.1) is 0 Å². The lowest BCUT2D eigenvalue weighted by molar-refractivity contribution is 0.0888. The van der Waals surface area contributed by atoms with Crippen molar-refractivity contribution in [1.29, 1.82) is 0 Å². The third kappa shape index (κ3) is 4.27. The van der Waals surface area contributed by atoms with Gasteiger partial charge in [0.2, 0.25) is 5.91 Å². The van der Waals surface area contributed by atoms with Gasteiger partial charge in [0.05, 0.1) is 6.33 Å². The first-order valence-corrected chi connectivity index (χ1v) is 9.15. The second-order valence-corrected chi connectivity index (χ2v) is 6.63. The van der Waals surface area contributed by atoms with Crippen molar-refractivity contribution in [1.82, 2.24) is 18.7 Å². The summed E-state index contributed by atoms with van der Waals surface area (Å²) in [6, 6.07) is 0. The normalized spacial score (nSPS) is 11.3. The van der Waals surface area contributed by atoms with Gasteiger partial charge in [-0.1, -0.05) is 51.9 Å². The van der Waals surface area contributed by atoms with Gasteiger partial charge in [0.1, 0.15) is 0 Å². The first kappa shape index (κ1) is 19.1. The number of hydrogen-bond donors (Lipinski definition) is 0. The SMILES string of the molecule is CCCCCCCCCCC(=O)n1c(=O)c2c(ncn2C)n(C)c1=O. The molecule has 0 spiro atoms. The van der Waals surface area contributed by atoms with Gasteiger partial charge >= 0.3 is 5.69 Å². The Hall–Kier alpha value is -2.18. The Labute approximate surface area is 147 Å². The molecule has 25 heavy (non-hydrogen) atoms. The Balaban J connectivity index is 1.99. The average Bonchev–Trinajstić information content (AvgIpc) is 2.97. The largest absolute Gasteiger partial charge is 0.339 e. The molecule has 0 aliphatic carbocycles. The summed E-state index contributed by atoms with van der Waals surface area (Å²) in [6.07, 6.45) is 10.6. The quantitative estimate of drug-likeness (QED) is 0.653. The average molecular weight is 348 g/mol. The van der Waals surface area contributed by atoms with E-state index >= 15 is 0 Å². The Morgan fingerprint density at radius 1 is 1.00 bits per heavy atom. The van der Waals surface area contributed by atoms with Crippen molar-refractivity contribution in [2.75, 3.05) is 0 Å². The molecule has 0 saturated carbocycles. The van der Waals surface area contributed by atoms with Crippen molar-refractivity contribution >= 4 is 17.1 Å². The maximum absolute atomic E-state index is 12.5. The molecular weight excluding hydrogens is 320 g/mol. The molecule has 138 valence electrons. The van der Waals surface area contributed by atoms with E-state index in [1.54, 1.807) is 7.05 Å². The first-order valence-electron chi connectivity index (χ1n) is 9.15. The summed E-state index contributed by atoms with van der Waals surface area (Å²) in [7, 11) is 3.20. The fourth-order valence-corrected chi connectivity index (χ4v) is 3.09. The molecule has 0 bridgehead atoms. The number of carbonyl (C=O) groups is 1. The highest BCUT2D eigenvalue weighted by molar-refractivity contribution is 5.81. The maximum Gasteiger partial charge on any atom is 0.339 e. The molecule has 0 aliphatic heterocycles. The van der Waals surface area contributed by atoms with Gasteiger partial charge in [0.25, 0.3) is 5.56 Å².